The number of aromatic nitrogens is 3. The quantitative estimate of drug-likeness (QED) is 0.887. The maximum atomic E-state index is 5.84. The predicted molar refractivity (Wildman–Crippen MR) is 82.8 cm³/mol. The summed E-state index contributed by atoms with van der Waals surface area (Å²) in [6.45, 7) is 3.16. The van der Waals surface area contributed by atoms with Gasteiger partial charge in [-0.05, 0) is 35.0 Å². The molecule has 5 nitrogen and oxygen atoms in total. The van der Waals surface area contributed by atoms with Gasteiger partial charge < -0.3 is 10.1 Å². The van der Waals surface area contributed by atoms with E-state index < -0.39 is 0 Å². The normalized spacial score (nSPS) is 10.6. The van der Waals surface area contributed by atoms with E-state index >= 15 is 0 Å². The first kappa shape index (κ1) is 15.2. The SMILES string of the molecule is CCNc1nc(-c2ccc(Cl)cn2)nc(COC)c1Br. The minimum atomic E-state index is 0.391. The van der Waals surface area contributed by atoms with Crippen LogP contribution in [0, 0.1) is 0 Å². The van der Waals surface area contributed by atoms with Gasteiger partial charge in [0.25, 0.3) is 0 Å². The summed E-state index contributed by atoms with van der Waals surface area (Å²) in [5.74, 6) is 1.26. The van der Waals surface area contributed by atoms with Gasteiger partial charge >= 0.3 is 0 Å². The summed E-state index contributed by atoms with van der Waals surface area (Å²) in [4.78, 5) is 13.2. The van der Waals surface area contributed by atoms with Crippen molar-refractivity contribution in [3.63, 3.8) is 0 Å². The maximum absolute atomic E-state index is 5.84. The molecule has 0 atom stereocenters. The first-order valence-electron chi connectivity index (χ1n) is 6.06. The Bertz CT molecular complexity index is 564. The number of nitrogens with one attached hydrogen (secondary N) is 1. The van der Waals surface area contributed by atoms with Crippen LogP contribution < -0.4 is 5.32 Å². The molecule has 106 valence electrons. The Morgan fingerprint density at radius 1 is 1.35 bits per heavy atom. The van der Waals surface area contributed by atoms with Gasteiger partial charge in [-0.3, -0.25) is 4.98 Å². The minimum Gasteiger partial charge on any atom is -0.378 e. The predicted octanol–water partition coefficient (Wildman–Crippen LogP) is 3.53. The average Bonchev–Trinajstić information content (AvgIpc) is 2.44. The van der Waals surface area contributed by atoms with E-state index in [1.807, 2.05) is 6.92 Å². The monoisotopic (exact) mass is 356 g/mol. The number of hydrogen-bond acceptors (Lipinski definition) is 5. The third kappa shape index (κ3) is 3.45. The van der Waals surface area contributed by atoms with Gasteiger partial charge in [0.15, 0.2) is 5.82 Å². The molecule has 0 radical (unpaired) electrons. The molecule has 0 aliphatic rings. The topological polar surface area (TPSA) is 59.9 Å². The molecule has 0 bridgehead atoms. The van der Waals surface area contributed by atoms with Crippen molar-refractivity contribution in [3.05, 3.63) is 33.5 Å². The molecule has 0 amide bonds. The summed E-state index contributed by atoms with van der Waals surface area (Å²) in [7, 11) is 1.63. The van der Waals surface area contributed by atoms with Crippen LogP contribution in [-0.2, 0) is 11.3 Å². The van der Waals surface area contributed by atoms with Crippen molar-refractivity contribution in [2.45, 2.75) is 13.5 Å². The van der Waals surface area contributed by atoms with Crippen molar-refractivity contribution in [2.75, 3.05) is 19.0 Å². The van der Waals surface area contributed by atoms with Crippen LogP contribution >= 0.6 is 27.5 Å². The van der Waals surface area contributed by atoms with Gasteiger partial charge in [-0.1, -0.05) is 11.6 Å². The van der Waals surface area contributed by atoms with Gasteiger partial charge in [0.2, 0.25) is 0 Å². The number of anilines is 1. The Labute approximate surface area is 130 Å². The van der Waals surface area contributed by atoms with Crippen molar-refractivity contribution in [3.8, 4) is 11.5 Å². The highest BCUT2D eigenvalue weighted by Gasteiger charge is 2.13. The Hall–Kier alpha value is -1.24. The largest absolute Gasteiger partial charge is 0.378 e. The van der Waals surface area contributed by atoms with E-state index in [2.05, 4.69) is 36.2 Å². The van der Waals surface area contributed by atoms with Gasteiger partial charge in [0.05, 0.1) is 21.8 Å². The molecule has 0 aliphatic heterocycles. The van der Waals surface area contributed by atoms with Crippen LogP contribution in [-0.4, -0.2) is 28.6 Å². The molecule has 0 saturated carbocycles. The summed E-state index contributed by atoms with van der Waals surface area (Å²) in [5, 5.41) is 3.77. The number of halogens is 2. The zero-order valence-electron chi connectivity index (χ0n) is 11.2. The zero-order valence-corrected chi connectivity index (χ0v) is 13.5. The van der Waals surface area contributed by atoms with Crippen LogP contribution in [0.15, 0.2) is 22.8 Å². The number of pyridine rings is 1. The number of nitrogens with zero attached hydrogens (tertiary/aromatic N) is 3. The molecule has 20 heavy (non-hydrogen) atoms. The molecule has 1 N–H and O–H groups in total. The van der Waals surface area contributed by atoms with E-state index in [1.165, 1.54) is 0 Å². The minimum absolute atomic E-state index is 0.391. The zero-order chi connectivity index (χ0) is 14.5. The van der Waals surface area contributed by atoms with Crippen LogP contribution in [0.25, 0.3) is 11.5 Å². The lowest BCUT2D eigenvalue weighted by molar-refractivity contribution is 0.181. The van der Waals surface area contributed by atoms with Crippen molar-refractivity contribution in [1.82, 2.24) is 15.0 Å². The Morgan fingerprint density at radius 3 is 2.75 bits per heavy atom. The van der Waals surface area contributed by atoms with Gasteiger partial charge in [-0.25, -0.2) is 9.97 Å². The number of methoxy groups -OCH3 is 1. The fourth-order valence-corrected chi connectivity index (χ4v) is 2.18. The lowest BCUT2D eigenvalue weighted by atomic mass is 10.3. The van der Waals surface area contributed by atoms with E-state index in [1.54, 1.807) is 25.4 Å². The molecule has 0 aromatic carbocycles. The molecule has 0 unspecified atom stereocenters. The summed E-state index contributed by atoms with van der Waals surface area (Å²) >= 11 is 9.34. The third-order valence-corrected chi connectivity index (χ3v) is 3.56. The van der Waals surface area contributed by atoms with Gasteiger partial charge in [-0.15, -0.1) is 0 Å². The average molecular weight is 358 g/mol. The molecule has 7 heteroatoms. The van der Waals surface area contributed by atoms with Crippen LogP contribution in [0.3, 0.4) is 0 Å². The fourth-order valence-electron chi connectivity index (χ4n) is 1.63. The molecular weight excluding hydrogens is 344 g/mol. The van der Waals surface area contributed by atoms with Gasteiger partial charge in [-0.2, -0.15) is 0 Å². The molecule has 0 spiro atoms. The van der Waals surface area contributed by atoms with Gasteiger partial charge in [0, 0.05) is 19.9 Å². The molecule has 2 rings (SSSR count). The summed E-state index contributed by atoms with van der Waals surface area (Å²) in [6.07, 6.45) is 1.57. The fraction of sp³-hybridized carbons (Fsp3) is 0.308. The number of ether oxygens (including phenoxy) is 1. The lowest BCUT2D eigenvalue weighted by Gasteiger charge is -2.11. The number of rotatable bonds is 5. The van der Waals surface area contributed by atoms with E-state index in [-0.39, 0.29) is 0 Å². The highest BCUT2D eigenvalue weighted by Crippen LogP contribution is 2.27. The third-order valence-electron chi connectivity index (χ3n) is 2.50. The molecule has 2 aromatic rings. The van der Waals surface area contributed by atoms with Crippen molar-refractivity contribution >= 4 is 33.3 Å². The molecule has 2 heterocycles. The molecule has 2 aromatic heterocycles. The van der Waals surface area contributed by atoms with Crippen LogP contribution in [0.4, 0.5) is 5.82 Å². The van der Waals surface area contributed by atoms with E-state index in [0.717, 1.165) is 22.5 Å². The molecule has 0 fully saturated rings. The van der Waals surface area contributed by atoms with Crippen molar-refractivity contribution in [1.29, 1.82) is 0 Å². The Morgan fingerprint density at radius 2 is 2.15 bits per heavy atom. The second kappa shape index (κ2) is 6.97. The first-order valence-corrected chi connectivity index (χ1v) is 7.24. The van der Waals surface area contributed by atoms with Gasteiger partial charge in [0.1, 0.15) is 11.5 Å². The highest BCUT2D eigenvalue weighted by molar-refractivity contribution is 9.10. The smallest absolute Gasteiger partial charge is 0.180 e. The first-order chi connectivity index (χ1) is 9.65. The highest BCUT2D eigenvalue weighted by atomic mass is 79.9. The summed E-state index contributed by atoms with van der Waals surface area (Å²) in [6, 6.07) is 3.55. The van der Waals surface area contributed by atoms with E-state index in [0.29, 0.717) is 23.1 Å². The van der Waals surface area contributed by atoms with E-state index in [4.69, 9.17) is 16.3 Å². The lowest BCUT2D eigenvalue weighted by Crippen LogP contribution is -2.07. The molecular formula is C13H14BrClN4O. The molecule has 0 saturated heterocycles. The van der Waals surface area contributed by atoms with Crippen LogP contribution in [0.1, 0.15) is 12.6 Å². The van der Waals surface area contributed by atoms with Crippen molar-refractivity contribution in [2.24, 2.45) is 0 Å². The number of hydrogen-bond donors (Lipinski definition) is 1. The Kier molecular flexibility index (Phi) is 5.28. The summed E-state index contributed by atoms with van der Waals surface area (Å²) < 4.78 is 5.97. The van der Waals surface area contributed by atoms with Crippen LogP contribution in [0.5, 0.6) is 0 Å². The molecule has 0 aliphatic carbocycles. The van der Waals surface area contributed by atoms with E-state index in [9.17, 15) is 0 Å². The Balaban J connectivity index is 2.49. The second-order valence-corrected chi connectivity index (χ2v) is 5.21. The van der Waals surface area contributed by atoms with Crippen LogP contribution in [0.2, 0.25) is 5.02 Å². The second-order valence-electron chi connectivity index (χ2n) is 3.98. The summed E-state index contributed by atoms with van der Waals surface area (Å²) in [5.41, 5.74) is 1.43. The maximum Gasteiger partial charge on any atom is 0.180 e. The standard InChI is InChI=1S/C13H14BrClN4O/c1-3-16-13-11(14)10(7-20-2)18-12(19-13)9-5-4-8(15)6-17-9/h4-6H,3,7H2,1-2H3,(H,16,18,19). The van der Waals surface area contributed by atoms with Crippen molar-refractivity contribution < 1.29 is 4.74 Å².